The summed E-state index contributed by atoms with van der Waals surface area (Å²) < 4.78 is 5.29. The SMILES string of the molecule is CCCCCCCCCCCCCCCCCCCCCCc1occc1C(=O)O. The van der Waals surface area contributed by atoms with E-state index in [0.717, 1.165) is 12.8 Å². The van der Waals surface area contributed by atoms with Crippen molar-refractivity contribution >= 4 is 5.97 Å². The maximum Gasteiger partial charge on any atom is 0.339 e. The van der Waals surface area contributed by atoms with Gasteiger partial charge in [-0.15, -0.1) is 0 Å². The second-order valence-corrected chi connectivity index (χ2v) is 9.03. The van der Waals surface area contributed by atoms with Crippen molar-refractivity contribution in [2.24, 2.45) is 0 Å². The molecule has 1 N–H and O–H groups in total. The van der Waals surface area contributed by atoms with Gasteiger partial charge in [0.2, 0.25) is 0 Å². The fraction of sp³-hybridized carbons (Fsp3) is 0.815. The molecule has 1 rings (SSSR count). The quantitative estimate of drug-likeness (QED) is 0.190. The summed E-state index contributed by atoms with van der Waals surface area (Å²) in [6, 6.07) is 1.55. The van der Waals surface area contributed by atoms with Crippen LogP contribution < -0.4 is 0 Å². The molecule has 0 aliphatic heterocycles. The Morgan fingerprint density at radius 2 is 1.03 bits per heavy atom. The number of furan rings is 1. The zero-order valence-electron chi connectivity index (χ0n) is 19.8. The monoisotopic (exact) mass is 420 g/mol. The number of carboxylic acid groups (broad SMARTS) is 1. The molecule has 30 heavy (non-hydrogen) atoms. The first-order chi connectivity index (χ1) is 14.8. The lowest BCUT2D eigenvalue weighted by Crippen LogP contribution is -1.98. The van der Waals surface area contributed by atoms with Gasteiger partial charge >= 0.3 is 5.97 Å². The van der Waals surface area contributed by atoms with E-state index in [0.29, 0.717) is 11.3 Å². The van der Waals surface area contributed by atoms with Crippen LogP contribution in [0.1, 0.15) is 151 Å². The summed E-state index contributed by atoms with van der Waals surface area (Å²) >= 11 is 0. The number of aryl methyl sites for hydroxylation is 1. The highest BCUT2D eigenvalue weighted by Gasteiger charge is 2.12. The summed E-state index contributed by atoms with van der Waals surface area (Å²) in [6.07, 6.45) is 29.7. The van der Waals surface area contributed by atoms with Gasteiger partial charge in [0.1, 0.15) is 11.3 Å². The molecule has 0 atom stereocenters. The van der Waals surface area contributed by atoms with Gasteiger partial charge < -0.3 is 9.52 Å². The van der Waals surface area contributed by atoms with E-state index in [2.05, 4.69) is 6.92 Å². The van der Waals surface area contributed by atoms with Crippen LogP contribution in [-0.4, -0.2) is 11.1 Å². The van der Waals surface area contributed by atoms with Crippen molar-refractivity contribution in [1.29, 1.82) is 0 Å². The molecule has 1 aromatic rings. The molecule has 0 radical (unpaired) electrons. The third-order valence-electron chi connectivity index (χ3n) is 6.23. The molecule has 0 unspecified atom stereocenters. The van der Waals surface area contributed by atoms with E-state index >= 15 is 0 Å². The van der Waals surface area contributed by atoms with Gasteiger partial charge in [-0.25, -0.2) is 4.79 Å². The highest BCUT2D eigenvalue weighted by Crippen LogP contribution is 2.17. The maximum atomic E-state index is 11.0. The zero-order valence-corrected chi connectivity index (χ0v) is 19.8. The highest BCUT2D eigenvalue weighted by molar-refractivity contribution is 5.88. The molecule has 0 saturated carbocycles. The molecular formula is C27H48O3. The highest BCUT2D eigenvalue weighted by atomic mass is 16.4. The average molecular weight is 421 g/mol. The Morgan fingerprint density at radius 1 is 0.667 bits per heavy atom. The van der Waals surface area contributed by atoms with E-state index in [1.54, 1.807) is 6.07 Å². The predicted molar refractivity (Wildman–Crippen MR) is 127 cm³/mol. The first-order valence-electron chi connectivity index (χ1n) is 13.1. The summed E-state index contributed by atoms with van der Waals surface area (Å²) in [6.45, 7) is 2.29. The molecule has 0 aliphatic carbocycles. The molecule has 0 bridgehead atoms. The van der Waals surface area contributed by atoms with Gasteiger partial charge in [0, 0.05) is 6.42 Å². The number of rotatable bonds is 22. The Bertz CT molecular complexity index is 506. The third-order valence-corrected chi connectivity index (χ3v) is 6.23. The largest absolute Gasteiger partial charge is 0.478 e. The molecule has 0 amide bonds. The van der Waals surface area contributed by atoms with Crippen LogP contribution >= 0.6 is 0 Å². The third kappa shape index (κ3) is 14.7. The average Bonchev–Trinajstić information content (AvgIpc) is 3.21. The predicted octanol–water partition coefficient (Wildman–Crippen LogP) is 9.34. The lowest BCUT2D eigenvalue weighted by atomic mass is 10.0. The van der Waals surface area contributed by atoms with Gasteiger partial charge in [-0.2, -0.15) is 0 Å². The van der Waals surface area contributed by atoms with Gasteiger partial charge in [-0.1, -0.05) is 129 Å². The van der Waals surface area contributed by atoms with E-state index in [4.69, 9.17) is 9.52 Å². The number of hydrogen-bond donors (Lipinski definition) is 1. The lowest BCUT2D eigenvalue weighted by Gasteiger charge is -2.04. The Balaban J connectivity index is 1.74. The van der Waals surface area contributed by atoms with Crippen LogP contribution in [0.2, 0.25) is 0 Å². The molecule has 0 aliphatic rings. The van der Waals surface area contributed by atoms with E-state index in [9.17, 15) is 4.79 Å². The van der Waals surface area contributed by atoms with Crippen LogP contribution in [0.5, 0.6) is 0 Å². The van der Waals surface area contributed by atoms with E-state index in [1.165, 1.54) is 128 Å². The Hall–Kier alpha value is -1.25. The summed E-state index contributed by atoms with van der Waals surface area (Å²) in [5, 5.41) is 9.06. The van der Waals surface area contributed by atoms with Gasteiger partial charge in [0.25, 0.3) is 0 Å². The maximum absolute atomic E-state index is 11.0. The van der Waals surface area contributed by atoms with E-state index in [1.807, 2.05) is 0 Å². The van der Waals surface area contributed by atoms with Crippen molar-refractivity contribution in [3.05, 3.63) is 23.7 Å². The second kappa shape index (κ2) is 19.7. The van der Waals surface area contributed by atoms with Gasteiger partial charge in [0.05, 0.1) is 6.26 Å². The van der Waals surface area contributed by atoms with Crippen molar-refractivity contribution in [3.63, 3.8) is 0 Å². The topological polar surface area (TPSA) is 50.4 Å². The molecule has 174 valence electrons. The minimum atomic E-state index is -0.882. The normalized spacial score (nSPS) is 11.2. The van der Waals surface area contributed by atoms with Crippen LogP contribution in [-0.2, 0) is 6.42 Å². The van der Waals surface area contributed by atoms with Crippen molar-refractivity contribution in [1.82, 2.24) is 0 Å². The molecule has 1 heterocycles. The van der Waals surface area contributed by atoms with Crippen LogP contribution in [0, 0.1) is 0 Å². The van der Waals surface area contributed by atoms with Crippen molar-refractivity contribution in [2.75, 3.05) is 0 Å². The Labute approximate surface area is 186 Å². The standard InChI is InChI=1S/C27H48O3/c1-2-3-4-5-6-7-8-9-10-11-12-13-14-15-16-17-18-19-20-21-22-26-25(27(28)29)23-24-30-26/h23-24H,2-22H2,1H3,(H,28,29). The van der Waals surface area contributed by atoms with E-state index < -0.39 is 5.97 Å². The number of carbonyl (C=O) groups is 1. The summed E-state index contributed by atoms with van der Waals surface area (Å²) in [7, 11) is 0. The van der Waals surface area contributed by atoms with Crippen LogP contribution in [0.4, 0.5) is 0 Å². The van der Waals surface area contributed by atoms with Gasteiger partial charge in [-0.05, 0) is 12.5 Å². The minimum Gasteiger partial charge on any atom is -0.478 e. The van der Waals surface area contributed by atoms with E-state index in [-0.39, 0.29) is 0 Å². The molecule has 0 saturated heterocycles. The van der Waals surface area contributed by atoms with Crippen LogP contribution in [0.3, 0.4) is 0 Å². The van der Waals surface area contributed by atoms with Crippen molar-refractivity contribution in [2.45, 2.75) is 142 Å². The minimum absolute atomic E-state index is 0.327. The fourth-order valence-corrected chi connectivity index (χ4v) is 4.27. The summed E-state index contributed by atoms with van der Waals surface area (Å²) in [5.41, 5.74) is 0.327. The molecule has 3 heteroatoms. The number of unbranched alkanes of at least 4 members (excludes halogenated alkanes) is 19. The fourth-order valence-electron chi connectivity index (χ4n) is 4.27. The summed E-state index contributed by atoms with van der Waals surface area (Å²) in [5.74, 6) is -0.253. The molecular weight excluding hydrogens is 372 g/mol. The van der Waals surface area contributed by atoms with Gasteiger partial charge in [0.15, 0.2) is 0 Å². The van der Waals surface area contributed by atoms with Crippen LogP contribution in [0.25, 0.3) is 0 Å². The Kier molecular flexibility index (Phi) is 17.6. The molecule has 1 aromatic heterocycles. The molecule has 3 nitrogen and oxygen atoms in total. The number of carboxylic acids is 1. The van der Waals surface area contributed by atoms with Crippen molar-refractivity contribution < 1.29 is 14.3 Å². The number of aromatic carboxylic acids is 1. The lowest BCUT2D eigenvalue weighted by molar-refractivity contribution is 0.0694. The van der Waals surface area contributed by atoms with Crippen LogP contribution in [0.15, 0.2) is 16.7 Å². The molecule has 0 fully saturated rings. The van der Waals surface area contributed by atoms with Crippen molar-refractivity contribution in [3.8, 4) is 0 Å². The smallest absolute Gasteiger partial charge is 0.339 e. The first kappa shape index (κ1) is 26.8. The summed E-state index contributed by atoms with van der Waals surface area (Å²) in [4.78, 5) is 11.0. The number of hydrogen-bond acceptors (Lipinski definition) is 2. The molecule has 0 aromatic carbocycles. The Morgan fingerprint density at radius 3 is 1.40 bits per heavy atom. The van der Waals surface area contributed by atoms with Gasteiger partial charge in [-0.3, -0.25) is 0 Å². The first-order valence-corrected chi connectivity index (χ1v) is 13.1. The molecule has 0 spiro atoms. The zero-order chi connectivity index (χ0) is 21.7. The second-order valence-electron chi connectivity index (χ2n) is 9.03.